The molecule has 0 aliphatic carbocycles. The van der Waals surface area contributed by atoms with Crippen LogP contribution in [0.5, 0.6) is 0 Å². The predicted molar refractivity (Wildman–Crippen MR) is 95.8 cm³/mol. The molecule has 3 aromatic rings. The minimum Gasteiger partial charge on any atom is -0.329 e. The van der Waals surface area contributed by atoms with Gasteiger partial charge in [-0.1, -0.05) is 35.9 Å². The van der Waals surface area contributed by atoms with Crippen LogP contribution in [0.25, 0.3) is 11.4 Å². The molecule has 2 heterocycles. The van der Waals surface area contributed by atoms with E-state index in [1.54, 1.807) is 23.1 Å². The number of carbonyl (C=O) groups is 1. The van der Waals surface area contributed by atoms with Crippen LogP contribution in [-0.4, -0.2) is 25.6 Å². The lowest BCUT2D eigenvalue weighted by atomic mass is 10.1. The van der Waals surface area contributed by atoms with Gasteiger partial charge in [0.1, 0.15) is 11.9 Å². The Balaban J connectivity index is 1.68. The highest BCUT2D eigenvalue weighted by Gasteiger charge is 2.33. The van der Waals surface area contributed by atoms with Crippen molar-refractivity contribution in [3.63, 3.8) is 0 Å². The van der Waals surface area contributed by atoms with Crippen molar-refractivity contribution in [2.45, 2.75) is 26.1 Å². The van der Waals surface area contributed by atoms with Gasteiger partial charge in [-0.3, -0.25) is 9.36 Å². The summed E-state index contributed by atoms with van der Waals surface area (Å²) in [5, 5.41) is 9.07. The SMILES string of the molecule is C[C@H]1C(=O)N(Cc2cccc(F)c2)Cc2nnc(-c3ccccc3Cl)n21. The Labute approximate surface area is 155 Å². The van der Waals surface area contributed by atoms with Gasteiger partial charge in [-0.2, -0.15) is 0 Å². The lowest BCUT2D eigenvalue weighted by Crippen LogP contribution is -2.41. The largest absolute Gasteiger partial charge is 0.329 e. The second kappa shape index (κ2) is 6.53. The monoisotopic (exact) mass is 370 g/mol. The maximum atomic E-state index is 13.4. The summed E-state index contributed by atoms with van der Waals surface area (Å²) in [5.74, 6) is 0.888. The number of benzene rings is 2. The molecule has 0 fully saturated rings. The molecule has 0 radical (unpaired) electrons. The summed E-state index contributed by atoms with van der Waals surface area (Å²) in [6.07, 6.45) is 0. The van der Waals surface area contributed by atoms with Crippen molar-refractivity contribution in [2.24, 2.45) is 0 Å². The molecule has 1 aliphatic rings. The van der Waals surface area contributed by atoms with Crippen LogP contribution >= 0.6 is 11.6 Å². The van der Waals surface area contributed by atoms with Crippen molar-refractivity contribution in [3.05, 3.63) is 70.8 Å². The van der Waals surface area contributed by atoms with Crippen LogP contribution in [0.4, 0.5) is 4.39 Å². The molecular formula is C19H16ClFN4O. The van der Waals surface area contributed by atoms with Crippen molar-refractivity contribution in [2.75, 3.05) is 0 Å². The molecule has 1 aromatic heterocycles. The van der Waals surface area contributed by atoms with Crippen molar-refractivity contribution in [3.8, 4) is 11.4 Å². The molecule has 2 aromatic carbocycles. The Bertz CT molecular complexity index is 987. The van der Waals surface area contributed by atoms with Crippen molar-refractivity contribution < 1.29 is 9.18 Å². The van der Waals surface area contributed by atoms with Gasteiger partial charge in [-0.25, -0.2) is 4.39 Å². The fraction of sp³-hybridized carbons (Fsp3) is 0.211. The molecule has 7 heteroatoms. The highest BCUT2D eigenvalue weighted by atomic mass is 35.5. The fourth-order valence-electron chi connectivity index (χ4n) is 3.28. The topological polar surface area (TPSA) is 51.0 Å². The molecule has 1 amide bonds. The van der Waals surface area contributed by atoms with Gasteiger partial charge in [0.05, 0.1) is 11.6 Å². The first-order valence-electron chi connectivity index (χ1n) is 8.26. The number of fused-ring (bicyclic) bond motifs is 1. The van der Waals surface area contributed by atoms with Crippen LogP contribution in [0, 0.1) is 5.82 Å². The molecular weight excluding hydrogens is 355 g/mol. The van der Waals surface area contributed by atoms with Gasteiger partial charge < -0.3 is 4.90 Å². The summed E-state index contributed by atoms with van der Waals surface area (Å²) in [5.41, 5.74) is 1.48. The van der Waals surface area contributed by atoms with Crippen molar-refractivity contribution >= 4 is 17.5 Å². The summed E-state index contributed by atoms with van der Waals surface area (Å²) in [7, 11) is 0. The minimum atomic E-state index is -0.464. The highest BCUT2D eigenvalue weighted by molar-refractivity contribution is 6.33. The molecule has 0 N–H and O–H groups in total. The zero-order valence-corrected chi connectivity index (χ0v) is 14.8. The first kappa shape index (κ1) is 16.7. The number of amides is 1. The number of aromatic nitrogens is 3. The molecule has 26 heavy (non-hydrogen) atoms. The number of halogens is 2. The van der Waals surface area contributed by atoms with Gasteiger partial charge in [0.2, 0.25) is 5.91 Å². The van der Waals surface area contributed by atoms with E-state index in [-0.39, 0.29) is 11.7 Å². The summed E-state index contributed by atoms with van der Waals surface area (Å²) < 4.78 is 15.2. The van der Waals surface area contributed by atoms with Crippen molar-refractivity contribution in [1.82, 2.24) is 19.7 Å². The Kier molecular flexibility index (Phi) is 4.20. The smallest absolute Gasteiger partial charge is 0.246 e. The van der Waals surface area contributed by atoms with Crippen LogP contribution in [0.15, 0.2) is 48.5 Å². The summed E-state index contributed by atoms with van der Waals surface area (Å²) in [4.78, 5) is 14.5. The number of rotatable bonds is 3. The normalized spacial score (nSPS) is 16.7. The van der Waals surface area contributed by atoms with Gasteiger partial charge in [0, 0.05) is 12.1 Å². The maximum absolute atomic E-state index is 13.4. The predicted octanol–water partition coefficient (Wildman–Crippen LogP) is 3.84. The molecule has 0 unspecified atom stereocenters. The van der Waals surface area contributed by atoms with Gasteiger partial charge in [-0.15, -0.1) is 10.2 Å². The van der Waals surface area contributed by atoms with Gasteiger partial charge in [0.15, 0.2) is 11.6 Å². The first-order valence-corrected chi connectivity index (χ1v) is 8.64. The third-order valence-corrected chi connectivity index (χ3v) is 4.86. The Morgan fingerprint density at radius 3 is 2.77 bits per heavy atom. The molecule has 5 nitrogen and oxygen atoms in total. The molecule has 1 atom stereocenters. The lowest BCUT2D eigenvalue weighted by molar-refractivity contribution is -0.137. The number of carbonyl (C=O) groups excluding carboxylic acids is 1. The van der Waals surface area contributed by atoms with Gasteiger partial charge >= 0.3 is 0 Å². The van der Waals surface area contributed by atoms with Crippen LogP contribution in [0.1, 0.15) is 24.4 Å². The highest BCUT2D eigenvalue weighted by Crippen LogP contribution is 2.32. The molecule has 0 saturated carbocycles. The number of hydrogen-bond donors (Lipinski definition) is 0. The summed E-state index contributed by atoms with van der Waals surface area (Å²) >= 11 is 6.28. The summed E-state index contributed by atoms with van der Waals surface area (Å²) in [6.45, 7) is 2.46. The maximum Gasteiger partial charge on any atom is 0.246 e. The van der Waals surface area contributed by atoms with Crippen LogP contribution in [0.3, 0.4) is 0 Å². The van der Waals surface area contributed by atoms with E-state index in [2.05, 4.69) is 10.2 Å². The number of hydrogen-bond acceptors (Lipinski definition) is 3. The minimum absolute atomic E-state index is 0.0603. The first-order chi connectivity index (χ1) is 12.5. The summed E-state index contributed by atoms with van der Waals surface area (Å²) in [6, 6.07) is 13.1. The van der Waals surface area contributed by atoms with Crippen LogP contribution in [-0.2, 0) is 17.9 Å². The van der Waals surface area contributed by atoms with E-state index in [1.807, 2.05) is 29.7 Å². The average molecular weight is 371 g/mol. The number of nitrogens with zero attached hydrogens (tertiary/aromatic N) is 4. The molecule has 0 spiro atoms. The second-order valence-corrected chi connectivity index (χ2v) is 6.70. The van der Waals surface area contributed by atoms with E-state index in [1.165, 1.54) is 12.1 Å². The average Bonchev–Trinajstić information content (AvgIpc) is 3.03. The Hall–Kier alpha value is -2.73. The van der Waals surface area contributed by atoms with Crippen LogP contribution < -0.4 is 0 Å². The molecule has 0 saturated heterocycles. The third-order valence-electron chi connectivity index (χ3n) is 4.53. The van der Waals surface area contributed by atoms with Crippen molar-refractivity contribution in [1.29, 1.82) is 0 Å². The molecule has 1 aliphatic heterocycles. The second-order valence-electron chi connectivity index (χ2n) is 6.29. The fourth-order valence-corrected chi connectivity index (χ4v) is 3.50. The van der Waals surface area contributed by atoms with E-state index < -0.39 is 6.04 Å². The van der Waals surface area contributed by atoms with E-state index in [4.69, 9.17) is 11.6 Å². The van der Waals surface area contributed by atoms with E-state index >= 15 is 0 Å². The molecule has 0 bridgehead atoms. The van der Waals surface area contributed by atoms with Gasteiger partial charge in [-0.05, 0) is 36.8 Å². The van der Waals surface area contributed by atoms with Gasteiger partial charge in [0.25, 0.3) is 0 Å². The Morgan fingerprint density at radius 1 is 1.19 bits per heavy atom. The zero-order chi connectivity index (χ0) is 18.3. The van der Waals surface area contributed by atoms with E-state index in [0.29, 0.717) is 29.8 Å². The van der Waals surface area contributed by atoms with E-state index in [0.717, 1.165) is 11.1 Å². The standard InChI is InChI=1S/C19H16ClFN4O/c1-12-19(26)24(10-13-5-4-6-14(21)9-13)11-17-22-23-18(25(12)17)15-7-2-3-8-16(15)20/h2-9,12H,10-11H2,1H3/t12-/m0/s1. The molecule has 132 valence electrons. The zero-order valence-electron chi connectivity index (χ0n) is 14.1. The quantitative estimate of drug-likeness (QED) is 0.703. The Morgan fingerprint density at radius 2 is 2.00 bits per heavy atom. The van der Waals surface area contributed by atoms with Crippen LogP contribution in [0.2, 0.25) is 5.02 Å². The van der Waals surface area contributed by atoms with E-state index in [9.17, 15) is 9.18 Å². The molecule has 4 rings (SSSR count). The lowest BCUT2D eigenvalue weighted by Gasteiger charge is -2.32. The third kappa shape index (κ3) is 2.86.